The van der Waals surface area contributed by atoms with E-state index in [2.05, 4.69) is 5.32 Å². The summed E-state index contributed by atoms with van der Waals surface area (Å²) in [5, 5.41) is 3.55. The summed E-state index contributed by atoms with van der Waals surface area (Å²) in [5.41, 5.74) is 0.758. The first kappa shape index (κ1) is 31.4. The van der Waals surface area contributed by atoms with Crippen molar-refractivity contribution in [3.05, 3.63) is 94.2 Å². The summed E-state index contributed by atoms with van der Waals surface area (Å²) in [6.07, 6.45) is 0.965. The number of anilines is 1. The second-order valence-corrected chi connectivity index (χ2v) is 12.1. The summed E-state index contributed by atoms with van der Waals surface area (Å²) in [4.78, 5) is 28.5. The molecule has 0 aromatic heterocycles. The lowest BCUT2D eigenvalue weighted by Crippen LogP contribution is -2.53. The quantitative estimate of drug-likeness (QED) is 0.271. The number of sulfonamides is 1. The Balaban J connectivity index is 2.05. The number of nitrogens with zero attached hydrogens (tertiary/aromatic N) is 2. The first-order chi connectivity index (χ1) is 19.0. The van der Waals surface area contributed by atoms with Crippen molar-refractivity contribution in [1.29, 1.82) is 0 Å². The van der Waals surface area contributed by atoms with Crippen molar-refractivity contribution >= 4 is 50.7 Å². The van der Waals surface area contributed by atoms with Gasteiger partial charge in [0.2, 0.25) is 11.8 Å². The van der Waals surface area contributed by atoms with Gasteiger partial charge in [0.15, 0.2) is 0 Å². The molecule has 2 atom stereocenters. The zero-order valence-electron chi connectivity index (χ0n) is 22.5. The highest BCUT2D eigenvalue weighted by atomic mass is 35.5. The third-order valence-corrected chi connectivity index (χ3v) is 8.70. The molecule has 0 aliphatic rings. The van der Waals surface area contributed by atoms with Crippen LogP contribution in [0.4, 0.5) is 10.1 Å². The Labute approximate surface area is 244 Å². The van der Waals surface area contributed by atoms with Crippen molar-refractivity contribution in [3.63, 3.8) is 0 Å². The van der Waals surface area contributed by atoms with Gasteiger partial charge in [-0.25, -0.2) is 12.8 Å². The number of rotatable bonds is 12. The number of halogens is 3. The molecule has 2 unspecified atom stereocenters. The van der Waals surface area contributed by atoms with Crippen molar-refractivity contribution in [1.82, 2.24) is 10.2 Å². The van der Waals surface area contributed by atoms with E-state index in [1.54, 1.807) is 19.1 Å². The van der Waals surface area contributed by atoms with Crippen LogP contribution in [0.1, 0.15) is 39.2 Å². The molecular weight excluding hydrogens is 576 g/mol. The summed E-state index contributed by atoms with van der Waals surface area (Å²) in [7, 11) is -4.25. The van der Waals surface area contributed by atoms with Crippen LogP contribution >= 0.6 is 23.2 Å². The van der Waals surface area contributed by atoms with Gasteiger partial charge in [0.05, 0.1) is 10.6 Å². The number of carbonyl (C=O) groups excluding carboxylic acids is 2. The molecule has 3 rings (SSSR count). The van der Waals surface area contributed by atoms with Crippen LogP contribution in [-0.4, -0.2) is 43.8 Å². The summed E-state index contributed by atoms with van der Waals surface area (Å²) in [5.74, 6) is -1.42. The average Bonchev–Trinajstić information content (AvgIpc) is 2.92. The van der Waals surface area contributed by atoms with Gasteiger partial charge in [-0.05, 0) is 79.9 Å². The minimum atomic E-state index is -4.25. The van der Waals surface area contributed by atoms with Crippen molar-refractivity contribution in [3.8, 4) is 0 Å². The summed E-state index contributed by atoms with van der Waals surface area (Å²) in [6.45, 7) is 4.91. The molecule has 0 spiro atoms. The van der Waals surface area contributed by atoms with Gasteiger partial charge in [-0.3, -0.25) is 13.9 Å². The first-order valence-corrected chi connectivity index (χ1v) is 15.0. The van der Waals surface area contributed by atoms with E-state index in [1.165, 1.54) is 65.6 Å². The Hall–Kier alpha value is -3.14. The molecule has 40 heavy (non-hydrogen) atoms. The normalized spacial score (nSPS) is 12.8. The molecule has 2 amide bonds. The topological polar surface area (TPSA) is 86.8 Å². The fourth-order valence-electron chi connectivity index (χ4n) is 4.04. The SMILES string of the molecule is CCC(C)NC(=O)C(CC)N(Cc1ccc(F)cc1)C(=O)CN(c1cccc(Cl)c1)S(=O)(=O)c1ccc(Cl)cc1. The third kappa shape index (κ3) is 7.96. The number of amides is 2. The monoisotopic (exact) mass is 607 g/mol. The van der Waals surface area contributed by atoms with Crippen LogP contribution in [0.5, 0.6) is 0 Å². The Kier molecular flexibility index (Phi) is 11.0. The van der Waals surface area contributed by atoms with E-state index in [9.17, 15) is 22.4 Å². The highest BCUT2D eigenvalue weighted by Gasteiger charge is 2.34. The van der Waals surface area contributed by atoms with Crippen LogP contribution < -0.4 is 9.62 Å². The number of hydrogen-bond acceptors (Lipinski definition) is 4. The number of benzene rings is 3. The van der Waals surface area contributed by atoms with Crippen molar-refractivity contribution in [2.75, 3.05) is 10.8 Å². The number of carbonyl (C=O) groups is 2. The maximum Gasteiger partial charge on any atom is 0.264 e. The van der Waals surface area contributed by atoms with Crippen LogP contribution in [0.3, 0.4) is 0 Å². The molecule has 0 saturated carbocycles. The van der Waals surface area contributed by atoms with Crippen molar-refractivity contribution < 1.29 is 22.4 Å². The number of hydrogen-bond donors (Lipinski definition) is 1. The Morgan fingerprint density at radius 1 is 0.925 bits per heavy atom. The molecule has 3 aromatic carbocycles. The van der Waals surface area contributed by atoms with Gasteiger partial charge in [-0.15, -0.1) is 0 Å². The fourth-order valence-corrected chi connectivity index (χ4v) is 5.76. The lowest BCUT2D eigenvalue weighted by Gasteiger charge is -2.33. The Morgan fingerprint density at radius 2 is 1.57 bits per heavy atom. The molecule has 0 heterocycles. The van der Waals surface area contributed by atoms with E-state index in [4.69, 9.17) is 23.2 Å². The standard InChI is InChI=1S/C29H32Cl2FN3O4S/c1-4-20(3)33-29(37)27(5-2)34(18-21-9-13-24(32)14-10-21)28(36)19-35(25-8-6-7-23(31)17-25)40(38,39)26-15-11-22(30)12-16-26/h6-17,20,27H,4-5,18-19H2,1-3H3,(H,33,37). The molecule has 11 heteroatoms. The maximum atomic E-state index is 14.0. The molecule has 0 aliphatic carbocycles. The van der Waals surface area contributed by atoms with Gasteiger partial charge in [-0.1, -0.05) is 55.2 Å². The average molecular weight is 609 g/mol. The zero-order valence-corrected chi connectivity index (χ0v) is 24.8. The summed E-state index contributed by atoms with van der Waals surface area (Å²) in [6, 6.07) is 16.3. The predicted molar refractivity (Wildman–Crippen MR) is 156 cm³/mol. The Bertz CT molecular complexity index is 1420. The molecule has 1 N–H and O–H groups in total. The van der Waals surface area contributed by atoms with Gasteiger partial charge in [0.25, 0.3) is 10.0 Å². The third-order valence-electron chi connectivity index (χ3n) is 6.43. The van der Waals surface area contributed by atoms with Gasteiger partial charge >= 0.3 is 0 Å². The zero-order chi connectivity index (χ0) is 29.4. The van der Waals surface area contributed by atoms with E-state index in [0.29, 0.717) is 17.0 Å². The van der Waals surface area contributed by atoms with Gasteiger partial charge in [0.1, 0.15) is 18.4 Å². The van der Waals surface area contributed by atoms with E-state index >= 15 is 0 Å². The second-order valence-electron chi connectivity index (χ2n) is 9.34. The lowest BCUT2D eigenvalue weighted by atomic mass is 10.1. The van der Waals surface area contributed by atoms with Gasteiger partial charge in [0, 0.05) is 22.6 Å². The van der Waals surface area contributed by atoms with E-state index in [-0.39, 0.29) is 40.5 Å². The second kappa shape index (κ2) is 14.0. The van der Waals surface area contributed by atoms with E-state index < -0.39 is 34.3 Å². The van der Waals surface area contributed by atoms with E-state index in [1.807, 2.05) is 13.8 Å². The minimum Gasteiger partial charge on any atom is -0.352 e. The van der Waals surface area contributed by atoms with Crippen LogP contribution in [0.15, 0.2) is 77.7 Å². The largest absolute Gasteiger partial charge is 0.352 e. The molecule has 3 aromatic rings. The van der Waals surface area contributed by atoms with Gasteiger partial charge < -0.3 is 10.2 Å². The highest BCUT2D eigenvalue weighted by Crippen LogP contribution is 2.27. The van der Waals surface area contributed by atoms with Crippen LogP contribution in [-0.2, 0) is 26.2 Å². The van der Waals surface area contributed by atoms with Gasteiger partial charge in [-0.2, -0.15) is 0 Å². The smallest absolute Gasteiger partial charge is 0.264 e. The highest BCUT2D eigenvalue weighted by molar-refractivity contribution is 7.92. The molecule has 0 radical (unpaired) electrons. The van der Waals surface area contributed by atoms with E-state index in [0.717, 1.165) is 4.31 Å². The van der Waals surface area contributed by atoms with Crippen LogP contribution in [0.2, 0.25) is 10.0 Å². The van der Waals surface area contributed by atoms with Crippen molar-refractivity contribution in [2.45, 2.75) is 57.1 Å². The summed E-state index contributed by atoms with van der Waals surface area (Å²) >= 11 is 12.2. The Morgan fingerprint density at radius 3 is 2.15 bits per heavy atom. The first-order valence-electron chi connectivity index (χ1n) is 12.8. The minimum absolute atomic E-state index is 0.0318. The molecular formula is C29H32Cl2FN3O4S. The molecule has 0 fully saturated rings. The molecule has 0 bridgehead atoms. The lowest BCUT2D eigenvalue weighted by molar-refractivity contribution is -0.140. The molecule has 0 aliphatic heterocycles. The molecule has 0 saturated heterocycles. The molecule has 7 nitrogen and oxygen atoms in total. The van der Waals surface area contributed by atoms with Crippen LogP contribution in [0.25, 0.3) is 0 Å². The fraction of sp³-hybridized carbons (Fsp3) is 0.310. The molecule has 214 valence electrons. The van der Waals surface area contributed by atoms with Crippen molar-refractivity contribution in [2.24, 2.45) is 0 Å². The predicted octanol–water partition coefficient (Wildman–Crippen LogP) is 6.05. The number of nitrogens with one attached hydrogen (secondary N) is 1. The van der Waals surface area contributed by atoms with Crippen LogP contribution in [0, 0.1) is 5.82 Å². The summed E-state index contributed by atoms with van der Waals surface area (Å²) < 4.78 is 42.2. The maximum absolute atomic E-state index is 14.0.